The summed E-state index contributed by atoms with van der Waals surface area (Å²) in [5.74, 6) is 0.727. The van der Waals surface area contributed by atoms with Crippen LogP contribution in [-0.4, -0.2) is 27.6 Å². The van der Waals surface area contributed by atoms with Crippen LogP contribution in [0.15, 0.2) is 48.5 Å². The third-order valence-corrected chi connectivity index (χ3v) is 4.99. The molecule has 4 aromatic rings. The Kier molecular flexibility index (Phi) is 4.69. The number of hydrogen-bond acceptors (Lipinski definition) is 4. The first kappa shape index (κ1) is 18.0. The molecule has 4 rings (SSSR count). The highest BCUT2D eigenvalue weighted by Crippen LogP contribution is 2.23. The fourth-order valence-corrected chi connectivity index (χ4v) is 3.47. The molecule has 1 N–H and O–H groups in total. The zero-order valence-corrected chi connectivity index (χ0v) is 16.2. The van der Waals surface area contributed by atoms with Crippen molar-refractivity contribution in [3.8, 4) is 5.75 Å². The number of fused-ring (bicyclic) bond motifs is 3. The van der Waals surface area contributed by atoms with E-state index in [-0.39, 0.29) is 5.91 Å². The molecule has 28 heavy (non-hydrogen) atoms. The zero-order chi connectivity index (χ0) is 19.7. The molecule has 0 fully saturated rings. The number of carbonyl (C=O) groups is 1. The normalized spacial score (nSPS) is 11.1. The van der Waals surface area contributed by atoms with E-state index in [1.165, 1.54) is 0 Å². The van der Waals surface area contributed by atoms with Gasteiger partial charge in [-0.25, -0.2) is 9.50 Å². The Bertz CT molecular complexity index is 1160. The molecule has 0 aliphatic carbocycles. The van der Waals surface area contributed by atoms with Crippen LogP contribution in [0.25, 0.3) is 16.6 Å². The van der Waals surface area contributed by atoms with Gasteiger partial charge < -0.3 is 10.1 Å². The highest BCUT2D eigenvalue weighted by atomic mass is 16.5. The molecule has 142 valence electrons. The van der Waals surface area contributed by atoms with Crippen LogP contribution in [0, 0.1) is 13.8 Å². The molecule has 0 bridgehead atoms. The van der Waals surface area contributed by atoms with Crippen molar-refractivity contribution in [1.82, 2.24) is 14.6 Å². The quantitative estimate of drug-likeness (QED) is 0.571. The van der Waals surface area contributed by atoms with E-state index in [0.717, 1.165) is 44.9 Å². The number of carbonyl (C=O) groups excluding carboxylic acids is 1. The van der Waals surface area contributed by atoms with Crippen LogP contribution in [0.4, 0.5) is 5.69 Å². The van der Waals surface area contributed by atoms with Crippen molar-refractivity contribution in [2.75, 3.05) is 12.4 Å². The summed E-state index contributed by atoms with van der Waals surface area (Å²) in [6.07, 6.45) is 0.987. The zero-order valence-electron chi connectivity index (χ0n) is 16.2. The predicted octanol–water partition coefficient (Wildman–Crippen LogP) is 4.08. The Morgan fingerprint density at radius 3 is 2.61 bits per heavy atom. The summed E-state index contributed by atoms with van der Waals surface area (Å²) < 4.78 is 7.02. The van der Waals surface area contributed by atoms with E-state index in [9.17, 15) is 4.79 Å². The van der Waals surface area contributed by atoms with Crippen molar-refractivity contribution in [1.29, 1.82) is 0 Å². The second-order valence-electron chi connectivity index (χ2n) is 6.79. The Morgan fingerprint density at radius 2 is 1.86 bits per heavy atom. The number of aryl methyl sites for hydroxylation is 2. The minimum Gasteiger partial charge on any atom is -0.497 e. The maximum absolute atomic E-state index is 12.4. The summed E-state index contributed by atoms with van der Waals surface area (Å²) in [5, 5.41) is 8.63. The monoisotopic (exact) mass is 374 g/mol. The van der Waals surface area contributed by atoms with Gasteiger partial charge in [-0.2, -0.15) is 5.10 Å². The van der Waals surface area contributed by atoms with Gasteiger partial charge in [0, 0.05) is 28.9 Å². The molecule has 6 nitrogen and oxygen atoms in total. The topological polar surface area (TPSA) is 68.5 Å². The number of anilines is 1. The summed E-state index contributed by atoms with van der Waals surface area (Å²) in [6.45, 7) is 4.02. The van der Waals surface area contributed by atoms with Crippen molar-refractivity contribution in [3.63, 3.8) is 0 Å². The summed E-state index contributed by atoms with van der Waals surface area (Å²) in [7, 11) is 1.62. The molecule has 0 saturated carbocycles. The van der Waals surface area contributed by atoms with Crippen LogP contribution in [-0.2, 0) is 11.2 Å². The van der Waals surface area contributed by atoms with Crippen molar-refractivity contribution in [2.24, 2.45) is 0 Å². The molecule has 0 aliphatic rings. The average Bonchev–Trinajstić information content (AvgIpc) is 3.07. The lowest BCUT2D eigenvalue weighted by atomic mass is 10.1. The maximum atomic E-state index is 12.4. The van der Waals surface area contributed by atoms with Crippen molar-refractivity contribution in [2.45, 2.75) is 26.7 Å². The van der Waals surface area contributed by atoms with E-state index < -0.39 is 0 Å². The van der Waals surface area contributed by atoms with Gasteiger partial charge >= 0.3 is 0 Å². The standard InChI is InChI=1S/C22H22N4O2/c1-14-18(12-13-21(27)24-16-8-10-17(28-3)11-9-16)15(2)26-22(23-14)19-6-4-5-7-20(19)25-26/h4-11H,12-13H2,1-3H3,(H,24,27). The number of benzene rings is 2. The highest BCUT2D eigenvalue weighted by Gasteiger charge is 2.15. The van der Waals surface area contributed by atoms with Gasteiger partial charge in [-0.05, 0) is 62.2 Å². The first-order valence-electron chi connectivity index (χ1n) is 9.24. The van der Waals surface area contributed by atoms with Crippen LogP contribution >= 0.6 is 0 Å². The van der Waals surface area contributed by atoms with E-state index in [2.05, 4.69) is 10.4 Å². The molecule has 2 aromatic heterocycles. The van der Waals surface area contributed by atoms with Crippen LogP contribution in [0.2, 0.25) is 0 Å². The SMILES string of the molecule is COc1ccc(NC(=O)CCc2c(C)nc3c4ccccc4nn3c2C)cc1. The maximum Gasteiger partial charge on any atom is 0.224 e. The number of nitrogens with one attached hydrogen (secondary N) is 1. The molecular formula is C22H22N4O2. The van der Waals surface area contributed by atoms with E-state index in [4.69, 9.17) is 9.72 Å². The molecule has 0 atom stereocenters. The number of nitrogens with zero attached hydrogens (tertiary/aromatic N) is 3. The third kappa shape index (κ3) is 3.29. The van der Waals surface area contributed by atoms with Crippen LogP contribution < -0.4 is 10.1 Å². The molecular weight excluding hydrogens is 352 g/mol. The van der Waals surface area contributed by atoms with Gasteiger partial charge in [0.25, 0.3) is 0 Å². The smallest absolute Gasteiger partial charge is 0.224 e. The van der Waals surface area contributed by atoms with E-state index in [0.29, 0.717) is 12.8 Å². The fraction of sp³-hybridized carbons (Fsp3) is 0.227. The van der Waals surface area contributed by atoms with Crippen molar-refractivity contribution >= 4 is 28.1 Å². The van der Waals surface area contributed by atoms with Gasteiger partial charge in [0.2, 0.25) is 5.91 Å². The largest absolute Gasteiger partial charge is 0.497 e. The fourth-order valence-electron chi connectivity index (χ4n) is 3.47. The molecule has 2 heterocycles. The van der Waals surface area contributed by atoms with Crippen LogP contribution in [0.5, 0.6) is 5.75 Å². The lowest BCUT2D eigenvalue weighted by Gasteiger charge is -2.11. The number of aromatic nitrogens is 3. The van der Waals surface area contributed by atoms with Gasteiger partial charge in [-0.1, -0.05) is 12.1 Å². The van der Waals surface area contributed by atoms with Gasteiger partial charge in [-0.15, -0.1) is 0 Å². The molecule has 0 aliphatic heterocycles. The van der Waals surface area contributed by atoms with Gasteiger partial charge in [0.05, 0.1) is 12.6 Å². The van der Waals surface area contributed by atoms with E-state index in [1.54, 1.807) is 7.11 Å². The van der Waals surface area contributed by atoms with Gasteiger partial charge in [-0.3, -0.25) is 4.79 Å². The molecule has 0 unspecified atom stereocenters. The van der Waals surface area contributed by atoms with E-state index >= 15 is 0 Å². The number of amides is 1. The summed E-state index contributed by atoms with van der Waals surface area (Å²) in [5.41, 5.74) is 5.56. The Hall–Kier alpha value is -3.41. The lowest BCUT2D eigenvalue weighted by molar-refractivity contribution is -0.116. The molecule has 1 amide bonds. The molecule has 0 saturated heterocycles. The number of methoxy groups -OCH3 is 1. The highest BCUT2D eigenvalue weighted by molar-refractivity contribution is 5.92. The van der Waals surface area contributed by atoms with Crippen LogP contribution in [0.3, 0.4) is 0 Å². The molecule has 6 heteroatoms. The first-order chi connectivity index (χ1) is 13.6. The molecule has 2 aromatic carbocycles. The predicted molar refractivity (Wildman–Crippen MR) is 110 cm³/mol. The Morgan fingerprint density at radius 1 is 1.11 bits per heavy atom. The third-order valence-electron chi connectivity index (χ3n) is 4.99. The number of hydrogen-bond donors (Lipinski definition) is 1. The van der Waals surface area contributed by atoms with Crippen LogP contribution in [0.1, 0.15) is 23.4 Å². The molecule has 0 spiro atoms. The van der Waals surface area contributed by atoms with E-state index in [1.807, 2.05) is 66.9 Å². The molecule has 0 radical (unpaired) electrons. The number of ether oxygens (including phenoxy) is 1. The summed E-state index contributed by atoms with van der Waals surface area (Å²) >= 11 is 0. The van der Waals surface area contributed by atoms with Crippen molar-refractivity contribution < 1.29 is 9.53 Å². The van der Waals surface area contributed by atoms with Gasteiger partial charge in [0.1, 0.15) is 5.75 Å². The lowest BCUT2D eigenvalue weighted by Crippen LogP contribution is -2.14. The Balaban J connectivity index is 1.54. The minimum absolute atomic E-state index is 0.0327. The minimum atomic E-state index is -0.0327. The average molecular weight is 374 g/mol. The first-order valence-corrected chi connectivity index (χ1v) is 9.24. The summed E-state index contributed by atoms with van der Waals surface area (Å²) in [4.78, 5) is 17.1. The van der Waals surface area contributed by atoms with Crippen molar-refractivity contribution in [3.05, 3.63) is 65.5 Å². The Labute approximate surface area is 163 Å². The summed E-state index contributed by atoms with van der Waals surface area (Å²) in [6, 6.07) is 15.3. The number of rotatable bonds is 5. The second-order valence-corrected chi connectivity index (χ2v) is 6.79. The second kappa shape index (κ2) is 7.31. The van der Waals surface area contributed by atoms with Gasteiger partial charge in [0.15, 0.2) is 5.65 Å².